The summed E-state index contributed by atoms with van der Waals surface area (Å²) in [5.41, 5.74) is 2.46. The summed E-state index contributed by atoms with van der Waals surface area (Å²) in [6.07, 6.45) is 0.933. The minimum absolute atomic E-state index is 0.209. The molecule has 1 N–H and O–H groups in total. The molecule has 2 amide bonds. The van der Waals surface area contributed by atoms with Crippen molar-refractivity contribution in [2.75, 3.05) is 7.11 Å². The summed E-state index contributed by atoms with van der Waals surface area (Å²) in [4.78, 5) is 23.0. The van der Waals surface area contributed by atoms with Gasteiger partial charge in [-0.15, -0.1) is 0 Å². The van der Waals surface area contributed by atoms with E-state index in [4.69, 9.17) is 9.15 Å². The van der Waals surface area contributed by atoms with Crippen LogP contribution >= 0.6 is 11.8 Å². The summed E-state index contributed by atoms with van der Waals surface area (Å²) >= 11 is 1.02. The number of benzene rings is 2. The van der Waals surface area contributed by atoms with E-state index < -0.39 is 11.1 Å². The standard InChI is InChI=1S/C20H16FNO4S/c1-25-17-5-3-12(8-15(17)21)7-14-10-13-6-11(2-4-16(13)26-14)9-18-19(23)22-20(24)27-18/h2-6,8,10,18H,7,9H2,1H3,(H,22,23,24). The molecular formula is C20H16FNO4S. The molecule has 1 aromatic heterocycles. The highest BCUT2D eigenvalue weighted by molar-refractivity contribution is 8.15. The maximum atomic E-state index is 13.8. The van der Waals surface area contributed by atoms with Gasteiger partial charge in [0.1, 0.15) is 11.3 Å². The molecule has 4 rings (SSSR count). The van der Waals surface area contributed by atoms with Crippen LogP contribution in [-0.4, -0.2) is 23.5 Å². The molecule has 1 aliphatic rings. The van der Waals surface area contributed by atoms with E-state index in [1.54, 1.807) is 12.1 Å². The van der Waals surface area contributed by atoms with Crippen LogP contribution in [0.4, 0.5) is 9.18 Å². The average Bonchev–Trinajstić information content (AvgIpc) is 3.16. The Balaban J connectivity index is 1.53. The number of amides is 2. The van der Waals surface area contributed by atoms with E-state index in [1.807, 2.05) is 24.3 Å². The largest absolute Gasteiger partial charge is 0.494 e. The number of hydrogen-bond donors (Lipinski definition) is 1. The van der Waals surface area contributed by atoms with Crippen LogP contribution < -0.4 is 10.1 Å². The quantitative estimate of drug-likeness (QED) is 0.717. The van der Waals surface area contributed by atoms with E-state index in [-0.39, 0.29) is 16.9 Å². The van der Waals surface area contributed by atoms with Gasteiger partial charge in [0.15, 0.2) is 11.6 Å². The van der Waals surface area contributed by atoms with Gasteiger partial charge in [-0.2, -0.15) is 0 Å². The summed E-state index contributed by atoms with van der Waals surface area (Å²) in [7, 11) is 1.43. The van der Waals surface area contributed by atoms with E-state index >= 15 is 0 Å². The number of rotatable bonds is 5. The zero-order valence-corrected chi connectivity index (χ0v) is 15.3. The van der Waals surface area contributed by atoms with E-state index in [1.165, 1.54) is 13.2 Å². The normalized spacial score (nSPS) is 16.7. The van der Waals surface area contributed by atoms with Crippen LogP contribution in [0.2, 0.25) is 0 Å². The number of furan rings is 1. The van der Waals surface area contributed by atoms with Gasteiger partial charge >= 0.3 is 0 Å². The van der Waals surface area contributed by atoms with Gasteiger partial charge in [0.05, 0.1) is 12.4 Å². The fourth-order valence-corrected chi connectivity index (χ4v) is 3.98. The Morgan fingerprint density at radius 3 is 2.67 bits per heavy atom. The van der Waals surface area contributed by atoms with Gasteiger partial charge in [0.25, 0.3) is 5.24 Å². The molecule has 138 valence electrons. The third kappa shape index (κ3) is 3.68. The Labute approximate surface area is 158 Å². The molecule has 2 heterocycles. The van der Waals surface area contributed by atoms with Crippen molar-refractivity contribution in [2.45, 2.75) is 18.1 Å². The molecule has 0 spiro atoms. The lowest BCUT2D eigenvalue weighted by Crippen LogP contribution is -2.25. The molecule has 5 nitrogen and oxygen atoms in total. The van der Waals surface area contributed by atoms with E-state index in [0.29, 0.717) is 12.8 Å². The Morgan fingerprint density at radius 2 is 1.96 bits per heavy atom. The monoisotopic (exact) mass is 385 g/mol. The van der Waals surface area contributed by atoms with Gasteiger partial charge in [-0.25, -0.2) is 4.39 Å². The van der Waals surface area contributed by atoms with Crippen LogP contribution in [-0.2, 0) is 17.6 Å². The van der Waals surface area contributed by atoms with E-state index in [0.717, 1.165) is 39.6 Å². The Morgan fingerprint density at radius 1 is 1.15 bits per heavy atom. The summed E-state index contributed by atoms with van der Waals surface area (Å²) in [5.74, 6) is 0.268. The van der Waals surface area contributed by atoms with Crippen molar-refractivity contribution in [3.63, 3.8) is 0 Å². The first-order valence-electron chi connectivity index (χ1n) is 8.37. The summed E-state index contributed by atoms with van der Waals surface area (Å²) in [6.45, 7) is 0. The molecule has 0 saturated carbocycles. The second-order valence-corrected chi connectivity index (χ2v) is 7.49. The number of carbonyl (C=O) groups is 2. The average molecular weight is 385 g/mol. The molecule has 0 bridgehead atoms. The lowest BCUT2D eigenvalue weighted by molar-refractivity contribution is -0.118. The van der Waals surface area contributed by atoms with Crippen LogP contribution in [0.3, 0.4) is 0 Å². The molecule has 2 aromatic carbocycles. The number of ether oxygens (including phenoxy) is 1. The number of nitrogens with one attached hydrogen (secondary N) is 1. The highest BCUT2D eigenvalue weighted by atomic mass is 32.2. The molecule has 1 saturated heterocycles. The molecule has 1 unspecified atom stereocenters. The molecule has 7 heteroatoms. The van der Waals surface area contributed by atoms with Crippen LogP contribution in [0.25, 0.3) is 11.0 Å². The van der Waals surface area contributed by atoms with Crippen molar-refractivity contribution in [3.8, 4) is 5.75 Å². The van der Waals surface area contributed by atoms with Crippen LogP contribution in [0, 0.1) is 5.82 Å². The first-order chi connectivity index (χ1) is 13.0. The predicted molar refractivity (Wildman–Crippen MR) is 101 cm³/mol. The lowest BCUT2D eigenvalue weighted by Gasteiger charge is -2.04. The predicted octanol–water partition coefficient (Wildman–Crippen LogP) is 4.07. The topological polar surface area (TPSA) is 68.5 Å². The van der Waals surface area contributed by atoms with Gasteiger partial charge < -0.3 is 9.15 Å². The summed E-state index contributed by atoms with van der Waals surface area (Å²) in [6, 6.07) is 12.4. The van der Waals surface area contributed by atoms with Crippen molar-refractivity contribution >= 4 is 33.9 Å². The number of hydrogen-bond acceptors (Lipinski definition) is 5. The fourth-order valence-electron chi connectivity index (χ4n) is 3.12. The lowest BCUT2D eigenvalue weighted by atomic mass is 10.1. The van der Waals surface area contributed by atoms with Crippen molar-refractivity contribution in [1.29, 1.82) is 0 Å². The number of halogens is 1. The highest BCUT2D eigenvalue weighted by Gasteiger charge is 2.31. The molecular weight excluding hydrogens is 369 g/mol. The number of methoxy groups -OCH3 is 1. The Bertz CT molecular complexity index is 1050. The second kappa shape index (κ2) is 7.08. The smallest absolute Gasteiger partial charge is 0.286 e. The molecule has 1 aliphatic heterocycles. The van der Waals surface area contributed by atoms with Crippen LogP contribution in [0.15, 0.2) is 46.9 Å². The van der Waals surface area contributed by atoms with Crippen molar-refractivity contribution in [3.05, 3.63) is 65.2 Å². The van der Waals surface area contributed by atoms with Crippen molar-refractivity contribution in [2.24, 2.45) is 0 Å². The molecule has 0 aliphatic carbocycles. The molecule has 3 aromatic rings. The zero-order chi connectivity index (χ0) is 19.0. The second-order valence-electron chi connectivity index (χ2n) is 6.32. The van der Waals surface area contributed by atoms with Gasteiger partial charge in [0.2, 0.25) is 5.91 Å². The first kappa shape index (κ1) is 17.6. The number of imide groups is 1. The van der Waals surface area contributed by atoms with E-state index in [2.05, 4.69) is 5.32 Å². The van der Waals surface area contributed by atoms with Crippen LogP contribution in [0.5, 0.6) is 5.75 Å². The van der Waals surface area contributed by atoms with Crippen molar-refractivity contribution in [1.82, 2.24) is 5.32 Å². The van der Waals surface area contributed by atoms with Crippen LogP contribution in [0.1, 0.15) is 16.9 Å². The Hall–Kier alpha value is -2.80. The summed E-state index contributed by atoms with van der Waals surface area (Å²) in [5, 5.41) is 2.50. The number of fused-ring (bicyclic) bond motifs is 1. The molecule has 1 atom stereocenters. The molecule has 0 radical (unpaired) electrons. The maximum absolute atomic E-state index is 13.8. The fraction of sp³-hybridized carbons (Fsp3) is 0.200. The molecule has 27 heavy (non-hydrogen) atoms. The maximum Gasteiger partial charge on any atom is 0.286 e. The molecule has 1 fully saturated rings. The van der Waals surface area contributed by atoms with E-state index in [9.17, 15) is 14.0 Å². The third-order valence-corrected chi connectivity index (χ3v) is 5.40. The van der Waals surface area contributed by atoms with Gasteiger partial charge in [-0.3, -0.25) is 14.9 Å². The summed E-state index contributed by atoms with van der Waals surface area (Å²) < 4.78 is 24.6. The van der Waals surface area contributed by atoms with Gasteiger partial charge in [-0.1, -0.05) is 23.9 Å². The zero-order valence-electron chi connectivity index (χ0n) is 14.5. The first-order valence-corrected chi connectivity index (χ1v) is 9.25. The minimum Gasteiger partial charge on any atom is -0.494 e. The number of thioether (sulfide) groups is 1. The highest BCUT2D eigenvalue weighted by Crippen LogP contribution is 2.27. The Kier molecular flexibility index (Phi) is 4.61. The third-order valence-electron chi connectivity index (χ3n) is 4.41. The number of carbonyl (C=O) groups excluding carboxylic acids is 2. The SMILES string of the molecule is COc1ccc(Cc2cc3cc(CC4SC(=O)NC4=O)ccc3o2)cc1F. The van der Waals surface area contributed by atoms with Crippen molar-refractivity contribution < 1.29 is 23.1 Å². The minimum atomic E-state index is -0.407. The van der Waals surface area contributed by atoms with Gasteiger partial charge in [-0.05, 0) is 47.9 Å². The van der Waals surface area contributed by atoms with Gasteiger partial charge in [0, 0.05) is 11.8 Å².